The van der Waals surface area contributed by atoms with Crippen molar-refractivity contribution in [3.8, 4) is 16.9 Å². The van der Waals surface area contributed by atoms with Crippen LogP contribution in [0.4, 0.5) is 4.39 Å². The van der Waals surface area contributed by atoms with E-state index in [-0.39, 0.29) is 5.82 Å². The van der Waals surface area contributed by atoms with Gasteiger partial charge in [-0.3, -0.25) is 0 Å². The highest BCUT2D eigenvalue weighted by atomic mass is 19.1. The molecule has 21 heavy (non-hydrogen) atoms. The molecule has 0 saturated carbocycles. The lowest BCUT2D eigenvalue weighted by Crippen LogP contribution is -1.92. The van der Waals surface area contributed by atoms with Crippen molar-refractivity contribution in [3.63, 3.8) is 0 Å². The van der Waals surface area contributed by atoms with Gasteiger partial charge in [0.1, 0.15) is 11.5 Å². The molecular formula is C16H11FN4. The summed E-state index contributed by atoms with van der Waals surface area (Å²) in [6, 6.07) is 10.3. The number of halogens is 1. The van der Waals surface area contributed by atoms with E-state index in [0.717, 1.165) is 22.6 Å². The molecule has 0 aliphatic carbocycles. The van der Waals surface area contributed by atoms with Crippen LogP contribution in [-0.4, -0.2) is 18.9 Å². The third kappa shape index (κ3) is 2.08. The molecule has 0 unspecified atom stereocenters. The fourth-order valence-corrected chi connectivity index (χ4v) is 2.30. The molecular weight excluding hydrogens is 267 g/mol. The molecule has 4 aromatic rings. The minimum Gasteiger partial charge on any atom is -0.305 e. The van der Waals surface area contributed by atoms with Gasteiger partial charge in [-0.2, -0.15) is 0 Å². The maximum atomic E-state index is 13.0. The van der Waals surface area contributed by atoms with Crippen LogP contribution in [0.2, 0.25) is 0 Å². The monoisotopic (exact) mass is 278 g/mol. The Balaban J connectivity index is 1.81. The minimum absolute atomic E-state index is 0.245. The van der Waals surface area contributed by atoms with Crippen molar-refractivity contribution in [3.05, 3.63) is 73.3 Å². The molecule has 3 heterocycles. The van der Waals surface area contributed by atoms with Crippen LogP contribution in [-0.2, 0) is 0 Å². The van der Waals surface area contributed by atoms with Gasteiger partial charge in [0.2, 0.25) is 0 Å². The first-order valence-corrected chi connectivity index (χ1v) is 6.53. The average molecular weight is 278 g/mol. The number of imidazole rings is 2. The van der Waals surface area contributed by atoms with Gasteiger partial charge >= 0.3 is 0 Å². The Hall–Kier alpha value is -2.95. The predicted molar refractivity (Wildman–Crippen MR) is 77.7 cm³/mol. The summed E-state index contributed by atoms with van der Waals surface area (Å²) >= 11 is 0. The summed E-state index contributed by atoms with van der Waals surface area (Å²) in [4.78, 5) is 8.59. The van der Waals surface area contributed by atoms with Gasteiger partial charge in [0.25, 0.3) is 0 Å². The smallest absolute Gasteiger partial charge is 0.137 e. The summed E-state index contributed by atoms with van der Waals surface area (Å²) in [7, 11) is 0. The summed E-state index contributed by atoms with van der Waals surface area (Å²) < 4.78 is 16.9. The van der Waals surface area contributed by atoms with Gasteiger partial charge in [-0.25, -0.2) is 14.4 Å². The summed E-state index contributed by atoms with van der Waals surface area (Å²) in [5.41, 5.74) is 3.56. The highest BCUT2D eigenvalue weighted by Gasteiger charge is 2.05. The molecule has 0 aliphatic rings. The molecule has 5 heteroatoms. The van der Waals surface area contributed by atoms with Gasteiger partial charge in [-0.1, -0.05) is 0 Å². The highest BCUT2D eigenvalue weighted by molar-refractivity contribution is 5.63. The molecule has 0 fully saturated rings. The second kappa shape index (κ2) is 4.56. The van der Waals surface area contributed by atoms with E-state index < -0.39 is 0 Å². The zero-order valence-electron chi connectivity index (χ0n) is 11.0. The molecule has 4 rings (SSSR count). The van der Waals surface area contributed by atoms with Crippen LogP contribution in [0.1, 0.15) is 0 Å². The lowest BCUT2D eigenvalue weighted by atomic mass is 10.2. The zero-order chi connectivity index (χ0) is 14.2. The molecule has 4 nitrogen and oxygen atoms in total. The number of rotatable bonds is 2. The number of pyridine rings is 1. The quantitative estimate of drug-likeness (QED) is 0.564. The lowest BCUT2D eigenvalue weighted by molar-refractivity contribution is 0.628. The molecule has 0 saturated heterocycles. The average Bonchev–Trinajstić information content (AvgIpc) is 3.16. The Bertz CT molecular complexity index is 892. The van der Waals surface area contributed by atoms with Crippen molar-refractivity contribution >= 4 is 5.65 Å². The first kappa shape index (κ1) is 11.8. The Morgan fingerprint density at radius 2 is 1.81 bits per heavy atom. The first-order chi connectivity index (χ1) is 10.3. The van der Waals surface area contributed by atoms with Crippen LogP contribution >= 0.6 is 0 Å². The molecule has 1 aromatic carbocycles. The number of hydrogen-bond donors (Lipinski definition) is 0. The Morgan fingerprint density at radius 1 is 0.952 bits per heavy atom. The van der Waals surface area contributed by atoms with Gasteiger partial charge in [-0.05, 0) is 36.4 Å². The van der Waals surface area contributed by atoms with Crippen LogP contribution in [0.15, 0.2) is 67.5 Å². The maximum absolute atomic E-state index is 13.0. The summed E-state index contributed by atoms with van der Waals surface area (Å²) in [6.45, 7) is 0. The molecule has 0 amide bonds. The first-order valence-electron chi connectivity index (χ1n) is 6.53. The Labute approximate surface area is 120 Å². The van der Waals surface area contributed by atoms with Gasteiger partial charge in [-0.15, -0.1) is 0 Å². The van der Waals surface area contributed by atoms with E-state index in [1.165, 1.54) is 12.1 Å². The van der Waals surface area contributed by atoms with E-state index in [9.17, 15) is 4.39 Å². The van der Waals surface area contributed by atoms with Crippen molar-refractivity contribution in [2.24, 2.45) is 0 Å². The molecule has 102 valence electrons. The fourth-order valence-electron chi connectivity index (χ4n) is 2.30. The van der Waals surface area contributed by atoms with Crippen LogP contribution in [0.5, 0.6) is 0 Å². The standard InChI is InChI=1S/C16H11FN4/c17-13-3-1-12(2-4-13)15-10-21-9-14(5-6-16(21)19-15)20-8-7-18-11-20/h1-11H. The highest BCUT2D eigenvalue weighted by Crippen LogP contribution is 2.20. The molecule has 3 aromatic heterocycles. The van der Waals surface area contributed by atoms with Crippen molar-refractivity contribution < 1.29 is 4.39 Å². The van der Waals surface area contributed by atoms with Crippen LogP contribution in [0.25, 0.3) is 22.6 Å². The van der Waals surface area contributed by atoms with E-state index >= 15 is 0 Å². The number of aromatic nitrogens is 4. The number of benzene rings is 1. The van der Waals surface area contributed by atoms with Crippen molar-refractivity contribution in [2.45, 2.75) is 0 Å². The second-order valence-electron chi connectivity index (χ2n) is 4.76. The topological polar surface area (TPSA) is 35.1 Å². The van der Waals surface area contributed by atoms with Crippen molar-refractivity contribution in [2.75, 3.05) is 0 Å². The van der Waals surface area contributed by atoms with E-state index in [0.29, 0.717) is 0 Å². The van der Waals surface area contributed by atoms with Gasteiger partial charge < -0.3 is 8.97 Å². The van der Waals surface area contributed by atoms with E-state index in [1.807, 2.05) is 39.7 Å². The van der Waals surface area contributed by atoms with Crippen LogP contribution < -0.4 is 0 Å². The van der Waals surface area contributed by atoms with E-state index in [2.05, 4.69) is 9.97 Å². The van der Waals surface area contributed by atoms with Crippen molar-refractivity contribution in [1.82, 2.24) is 18.9 Å². The molecule has 0 spiro atoms. The molecule has 0 N–H and O–H groups in total. The lowest BCUT2D eigenvalue weighted by Gasteiger charge is -2.01. The second-order valence-corrected chi connectivity index (χ2v) is 4.76. The fraction of sp³-hybridized carbons (Fsp3) is 0. The van der Waals surface area contributed by atoms with Gasteiger partial charge in [0.05, 0.1) is 17.7 Å². The summed E-state index contributed by atoms with van der Waals surface area (Å²) in [5.74, 6) is -0.245. The predicted octanol–water partition coefficient (Wildman–Crippen LogP) is 3.33. The Kier molecular flexibility index (Phi) is 2.57. The Morgan fingerprint density at radius 3 is 2.57 bits per heavy atom. The van der Waals surface area contributed by atoms with E-state index in [4.69, 9.17) is 0 Å². The largest absolute Gasteiger partial charge is 0.305 e. The third-order valence-corrected chi connectivity index (χ3v) is 3.38. The molecule has 0 bridgehead atoms. The van der Waals surface area contributed by atoms with Crippen LogP contribution in [0.3, 0.4) is 0 Å². The third-order valence-electron chi connectivity index (χ3n) is 3.38. The summed E-state index contributed by atoms with van der Waals surface area (Å²) in [6.07, 6.45) is 9.29. The number of hydrogen-bond acceptors (Lipinski definition) is 2. The minimum atomic E-state index is -0.245. The number of nitrogens with zero attached hydrogens (tertiary/aromatic N) is 4. The molecule has 0 aliphatic heterocycles. The molecule has 0 atom stereocenters. The summed E-state index contributed by atoms with van der Waals surface area (Å²) in [5, 5.41) is 0. The van der Waals surface area contributed by atoms with Gasteiger partial charge in [0, 0.05) is 30.4 Å². The maximum Gasteiger partial charge on any atom is 0.137 e. The molecule has 0 radical (unpaired) electrons. The normalized spacial score (nSPS) is 11.1. The van der Waals surface area contributed by atoms with Crippen molar-refractivity contribution in [1.29, 1.82) is 0 Å². The van der Waals surface area contributed by atoms with Gasteiger partial charge in [0.15, 0.2) is 0 Å². The van der Waals surface area contributed by atoms with Crippen LogP contribution in [0, 0.1) is 5.82 Å². The SMILES string of the molecule is Fc1ccc(-c2cn3cc(-n4ccnc4)ccc3n2)cc1. The zero-order valence-corrected chi connectivity index (χ0v) is 11.0. The number of fused-ring (bicyclic) bond motifs is 1. The van der Waals surface area contributed by atoms with E-state index in [1.54, 1.807) is 24.7 Å².